The second-order valence-electron chi connectivity index (χ2n) is 5.05. The fourth-order valence-corrected chi connectivity index (χ4v) is 1.83. The average Bonchev–Trinajstić information content (AvgIpc) is 2.34. The third-order valence-electron chi connectivity index (χ3n) is 2.64. The normalized spacial score (nSPS) is 10.1. The van der Waals surface area contributed by atoms with Gasteiger partial charge in [-0.3, -0.25) is 0 Å². The zero-order valence-electron chi connectivity index (χ0n) is 11.8. The molecule has 0 spiro atoms. The van der Waals surface area contributed by atoms with Crippen molar-refractivity contribution in [2.75, 3.05) is 18.4 Å². The lowest BCUT2D eigenvalue weighted by molar-refractivity contribution is 0.206. The molecule has 0 saturated carbocycles. The molecule has 0 aliphatic rings. The van der Waals surface area contributed by atoms with Crippen molar-refractivity contribution >= 4 is 11.7 Å². The average molecular weight is 259 g/mol. The Bertz CT molecular complexity index is 463. The lowest BCUT2D eigenvalue weighted by atomic mass is 10.2. The molecule has 0 fully saturated rings. The molecule has 0 unspecified atom stereocenters. The molecule has 0 bridgehead atoms. The molecule has 0 atom stereocenters. The minimum absolute atomic E-state index is 0.144. The van der Waals surface area contributed by atoms with Crippen molar-refractivity contribution in [1.82, 2.24) is 4.90 Å². The number of rotatable bonds is 5. The first-order chi connectivity index (χ1) is 9.02. The van der Waals surface area contributed by atoms with Crippen LogP contribution in [0, 0.1) is 24.2 Å². The molecule has 4 nitrogen and oxygen atoms in total. The summed E-state index contributed by atoms with van der Waals surface area (Å²) >= 11 is 0. The van der Waals surface area contributed by atoms with Crippen LogP contribution in [0.15, 0.2) is 24.3 Å². The monoisotopic (exact) mass is 259 g/mol. The van der Waals surface area contributed by atoms with E-state index in [1.54, 1.807) is 4.90 Å². The molecule has 0 heterocycles. The molecular formula is C15H21N3O. The van der Waals surface area contributed by atoms with Crippen LogP contribution >= 0.6 is 0 Å². The standard InChI is InChI=1S/C15H21N3O/c1-12(2)11-18(9-5-8-16)15(19)17-14-7-4-6-13(3)10-14/h4,6-7,10,12H,5,9,11H2,1-3H3,(H,17,19). The number of nitrogens with zero attached hydrogens (tertiary/aromatic N) is 2. The minimum atomic E-state index is -0.144. The molecule has 19 heavy (non-hydrogen) atoms. The number of carbonyl (C=O) groups is 1. The van der Waals surface area contributed by atoms with E-state index in [9.17, 15) is 4.79 Å². The van der Waals surface area contributed by atoms with Crippen molar-refractivity contribution < 1.29 is 4.79 Å². The van der Waals surface area contributed by atoms with Gasteiger partial charge < -0.3 is 10.2 Å². The van der Waals surface area contributed by atoms with Crippen LogP contribution < -0.4 is 5.32 Å². The highest BCUT2D eigenvalue weighted by atomic mass is 16.2. The van der Waals surface area contributed by atoms with Gasteiger partial charge in [-0.05, 0) is 30.5 Å². The van der Waals surface area contributed by atoms with E-state index in [1.165, 1.54) is 0 Å². The van der Waals surface area contributed by atoms with Gasteiger partial charge >= 0.3 is 6.03 Å². The number of hydrogen-bond acceptors (Lipinski definition) is 2. The first kappa shape index (κ1) is 15.0. The number of hydrogen-bond donors (Lipinski definition) is 1. The SMILES string of the molecule is Cc1cccc(NC(=O)N(CCC#N)CC(C)C)c1. The molecule has 1 aromatic carbocycles. The predicted octanol–water partition coefficient (Wildman–Crippen LogP) is 3.40. The van der Waals surface area contributed by atoms with E-state index in [1.807, 2.05) is 31.2 Å². The molecule has 1 aromatic rings. The summed E-state index contributed by atoms with van der Waals surface area (Å²) < 4.78 is 0. The number of amides is 2. The maximum absolute atomic E-state index is 12.2. The number of aryl methyl sites for hydroxylation is 1. The van der Waals surface area contributed by atoms with Gasteiger partial charge in [-0.15, -0.1) is 0 Å². The Kier molecular flexibility index (Phi) is 5.87. The van der Waals surface area contributed by atoms with Crippen LogP contribution in [0.2, 0.25) is 0 Å². The Balaban J connectivity index is 2.68. The quantitative estimate of drug-likeness (QED) is 0.881. The third kappa shape index (κ3) is 5.43. The number of benzene rings is 1. The van der Waals surface area contributed by atoms with Crippen molar-refractivity contribution in [2.24, 2.45) is 5.92 Å². The Labute approximate surface area is 115 Å². The zero-order chi connectivity index (χ0) is 14.3. The highest BCUT2D eigenvalue weighted by molar-refractivity contribution is 5.89. The van der Waals surface area contributed by atoms with Gasteiger partial charge in [-0.1, -0.05) is 26.0 Å². The van der Waals surface area contributed by atoms with Gasteiger partial charge in [0.25, 0.3) is 0 Å². The molecule has 102 valence electrons. The summed E-state index contributed by atoms with van der Waals surface area (Å²) in [4.78, 5) is 13.9. The van der Waals surface area contributed by atoms with Crippen LogP contribution in [-0.4, -0.2) is 24.0 Å². The topological polar surface area (TPSA) is 56.1 Å². The Morgan fingerprint density at radius 2 is 2.21 bits per heavy atom. The van der Waals surface area contributed by atoms with E-state index in [2.05, 4.69) is 25.2 Å². The van der Waals surface area contributed by atoms with Gasteiger partial charge in [0.15, 0.2) is 0 Å². The fourth-order valence-electron chi connectivity index (χ4n) is 1.83. The van der Waals surface area contributed by atoms with E-state index in [4.69, 9.17) is 5.26 Å². The van der Waals surface area contributed by atoms with Crippen molar-refractivity contribution in [3.63, 3.8) is 0 Å². The van der Waals surface area contributed by atoms with Gasteiger partial charge in [0, 0.05) is 18.8 Å². The predicted molar refractivity (Wildman–Crippen MR) is 76.8 cm³/mol. The van der Waals surface area contributed by atoms with E-state index in [0.717, 1.165) is 11.3 Å². The van der Waals surface area contributed by atoms with Gasteiger partial charge in [0.1, 0.15) is 0 Å². The largest absolute Gasteiger partial charge is 0.323 e. The van der Waals surface area contributed by atoms with Crippen LogP contribution in [0.5, 0.6) is 0 Å². The molecule has 4 heteroatoms. The summed E-state index contributed by atoms with van der Waals surface area (Å²) in [6.07, 6.45) is 0.355. The van der Waals surface area contributed by atoms with Crippen molar-refractivity contribution in [1.29, 1.82) is 5.26 Å². The number of nitrogens with one attached hydrogen (secondary N) is 1. The van der Waals surface area contributed by atoms with Crippen LogP contribution in [0.1, 0.15) is 25.8 Å². The third-order valence-corrected chi connectivity index (χ3v) is 2.64. The van der Waals surface area contributed by atoms with Crippen LogP contribution in [0.25, 0.3) is 0 Å². The number of nitriles is 1. The lowest BCUT2D eigenvalue weighted by Crippen LogP contribution is -2.38. The summed E-state index contributed by atoms with van der Waals surface area (Å²) in [6.45, 7) is 7.21. The number of anilines is 1. The van der Waals surface area contributed by atoms with Crippen LogP contribution in [0.3, 0.4) is 0 Å². The second kappa shape index (κ2) is 7.42. The molecule has 0 aliphatic heterocycles. The van der Waals surface area contributed by atoms with Crippen LogP contribution in [0.4, 0.5) is 10.5 Å². The molecular weight excluding hydrogens is 238 g/mol. The number of carbonyl (C=O) groups excluding carboxylic acids is 1. The van der Waals surface area contributed by atoms with E-state index in [0.29, 0.717) is 25.4 Å². The first-order valence-electron chi connectivity index (χ1n) is 6.52. The van der Waals surface area contributed by atoms with Gasteiger partial charge in [0.05, 0.1) is 12.5 Å². The summed E-state index contributed by atoms with van der Waals surface area (Å²) in [5, 5.41) is 11.5. The highest BCUT2D eigenvalue weighted by Crippen LogP contribution is 2.11. The first-order valence-corrected chi connectivity index (χ1v) is 6.52. The van der Waals surface area contributed by atoms with Gasteiger partial charge in [0.2, 0.25) is 0 Å². The Hall–Kier alpha value is -2.02. The molecule has 2 amide bonds. The lowest BCUT2D eigenvalue weighted by Gasteiger charge is -2.24. The summed E-state index contributed by atoms with van der Waals surface area (Å²) in [5.74, 6) is 0.377. The van der Waals surface area contributed by atoms with E-state index >= 15 is 0 Å². The summed E-state index contributed by atoms with van der Waals surface area (Å²) in [5.41, 5.74) is 1.89. The van der Waals surface area contributed by atoms with E-state index < -0.39 is 0 Å². The molecule has 0 radical (unpaired) electrons. The Morgan fingerprint density at radius 1 is 1.47 bits per heavy atom. The fraction of sp³-hybridized carbons (Fsp3) is 0.467. The van der Waals surface area contributed by atoms with Gasteiger partial charge in [-0.2, -0.15) is 5.26 Å². The molecule has 1 rings (SSSR count). The second-order valence-corrected chi connectivity index (χ2v) is 5.05. The summed E-state index contributed by atoms with van der Waals surface area (Å²) in [7, 11) is 0. The molecule has 1 N–H and O–H groups in total. The van der Waals surface area contributed by atoms with Crippen molar-refractivity contribution in [3.05, 3.63) is 29.8 Å². The number of urea groups is 1. The molecule has 0 saturated heterocycles. The van der Waals surface area contributed by atoms with Gasteiger partial charge in [-0.25, -0.2) is 4.79 Å². The van der Waals surface area contributed by atoms with E-state index in [-0.39, 0.29) is 6.03 Å². The van der Waals surface area contributed by atoms with Crippen LogP contribution in [-0.2, 0) is 0 Å². The summed E-state index contributed by atoms with van der Waals surface area (Å²) in [6, 6.07) is 9.62. The van der Waals surface area contributed by atoms with Crippen molar-refractivity contribution in [2.45, 2.75) is 27.2 Å². The maximum atomic E-state index is 12.2. The van der Waals surface area contributed by atoms with Crippen molar-refractivity contribution in [3.8, 4) is 6.07 Å². The molecule has 0 aliphatic carbocycles. The zero-order valence-corrected chi connectivity index (χ0v) is 11.8. The minimum Gasteiger partial charge on any atom is -0.323 e. The Morgan fingerprint density at radius 3 is 2.79 bits per heavy atom. The highest BCUT2D eigenvalue weighted by Gasteiger charge is 2.14. The molecule has 0 aromatic heterocycles. The maximum Gasteiger partial charge on any atom is 0.321 e. The smallest absolute Gasteiger partial charge is 0.321 e.